The maximum Gasteiger partial charge on any atom is 0.414 e. The number of carbonyl (C=O) groups excluding carboxylic acids is 5. The van der Waals surface area contributed by atoms with Crippen LogP contribution in [0.2, 0.25) is 0 Å². The smallest absolute Gasteiger partial charge is 0.414 e. The average molecular weight is 889 g/mol. The molecule has 3 heterocycles. The molecule has 0 aliphatic carbocycles. The van der Waals surface area contributed by atoms with Crippen molar-refractivity contribution >= 4 is 64.3 Å². The van der Waals surface area contributed by atoms with Gasteiger partial charge in [-0.1, -0.05) is 13.8 Å². The third kappa shape index (κ3) is 16.2. The summed E-state index contributed by atoms with van der Waals surface area (Å²) in [7, 11) is 0. The van der Waals surface area contributed by atoms with Crippen LogP contribution in [0.1, 0.15) is 70.3 Å². The van der Waals surface area contributed by atoms with Crippen molar-refractivity contribution in [2.45, 2.75) is 46.8 Å². The number of nitrogens with one attached hydrogen (secondary N) is 3. The lowest BCUT2D eigenvalue weighted by Crippen LogP contribution is -2.37. The zero-order valence-corrected chi connectivity index (χ0v) is 31.7. The van der Waals surface area contributed by atoms with E-state index in [2.05, 4.69) is 24.3 Å². The molecule has 0 bridgehead atoms. The summed E-state index contributed by atoms with van der Waals surface area (Å²) in [5, 5.41) is 5.34. The number of amides is 4. The molecule has 5 rings (SSSR count). The first-order valence-corrected chi connectivity index (χ1v) is 16.4. The second-order valence-electron chi connectivity index (χ2n) is 11.2. The molecule has 3 fully saturated rings. The molecule has 3 saturated heterocycles. The molecule has 3 aliphatic rings. The summed E-state index contributed by atoms with van der Waals surface area (Å²) < 4.78 is 284. The van der Waals surface area contributed by atoms with Crippen LogP contribution in [0.15, 0.2) is 24.3 Å². The van der Waals surface area contributed by atoms with E-state index in [1.807, 2.05) is 0 Å². The van der Waals surface area contributed by atoms with Crippen LogP contribution in [0.3, 0.4) is 0 Å². The van der Waals surface area contributed by atoms with Gasteiger partial charge >= 0.3 is 18.2 Å². The summed E-state index contributed by atoms with van der Waals surface area (Å²) in [5.74, 6) is -13.1. The monoisotopic (exact) mass is 888 g/mol. The van der Waals surface area contributed by atoms with Gasteiger partial charge in [0, 0.05) is 67.3 Å². The van der Waals surface area contributed by atoms with Crippen molar-refractivity contribution in [2.75, 3.05) is 104 Å². The molecule has 3 aliphatic heterocycles. The number of nitrogens with zero attached hydrogens (tertiary/aromatic N) is 3. The number of carbonyl (C=O) groups is 5. The minimum atomic E-state index is -3.74. The van der Waals surface area contributed by atoms with Crippen LogP contribution in [-0.2, 0) is 38.1 Å². The molecule has 0 saturated carbocycles. The van der Waals surface area contributed by atoms with Gasteiger partial charge in [0.1, 0.15) is 23.5 Å². The highest BCUT2D eigenvalue weighted by molar-refractivity contribution is 6.18. The van der Waals surface area contributed by atoms with E-state index in [1.165, 1.54) is 0 Å². The SMILES string of the molecule is [2H]C([2H])(Cl)[C@@]([2H])(OC(C)=O)C([2H])([2H])NC(C)=O.[2H]C1([2H])OC([2H])([2H])C([2H])([2H])N(c2c(F)cc(N3C(=O)O[C@@]([2H])(C([2H])([2H])NC(C)=O)C3([2H])[2H])cc2F)C1([2H])[2H].[2H]C1([2H])OC([2H])([2H])C([2H])([2H])N(c2c(F)cc(NC(=O)OCC(C)C)cc2F)C1([2H])[2H]. The Balaban J connectivity index is 0.000000359. The van der Waals surface area contributed by atoms with Crippen molar-refractivity contribution in [1.29, 1.82) is 0 Å². The minimum Gasteiger partial charge on any atom is -0.459 e. The zero-order chi connectivity index (χ0) is 67.0. The number of ether oxygens (including phenoxy) is 5. The lowest BCUT2D eigenvalue weighted by molar-refractivity contribution is -0.145. The second-order valence-corrected chi connectivity index (χ2v) is 11.4. The van der Waals surface area contributed by atoms with Gasteiger partial charge in [-0.3, -0.25) is 24.6 Å². The van der Waals surface area contributed by atoms with E-state index >= 15 is 8.78 Å². The molecule has 0 unspecified atom stereocenters. The van der Waals surface area contributed by atoms with Gasteiger partial charge in [-0.25, -0.2) is 27.2 Å². The number of halogens is 5. The number of morpholine rings is 2. The van der Waals surface area contributed by atoms with Gasteiger partial charge < -0.3 is 44.1 Å². The molecule has 2 aromatic rings. The van der Waals surface area contributed by atoms with Gasteiger partial charge in [-0.2, -0.15) is 0 Å². The predicted molar refractivity (Wildman–Crippen MR) is 210 cm³/mol. The first-order chi connectivity index (χ1) is 37.6. The third-order valence-corrected chi connectivity index (χ3v) is 6.14. The van der Waals surface area contributed by atoms with E-state index in [0.717, 1.165) is 20.8 Å². The molecule has 328 valence electrons. The zero-order valence-electron chi connectivity index (χ0n) is 56.9. The molecule has 2 atom stereocenters. The van der Waals surface area contributed by atoms with Crippen LogP contribution < -0.4 is 30.7 Å². The standard InChI is InChI=1S/C16H19F2N3O4.C15H20F2N2O3.C7H12ClNO3/c1-10(22)19-8-12-9-21(16(23)25-12)11-6-13(17)15(14(18)7-11)20-2-4-24-5-3-20;1-10(2)9-22-15(20)18-11-7-12(16)14(13(17)8-11)19-3-5-21-6-4-19;1-5(10)9-4-7(3-8)12-6(2)11/h6-7,12H,2-5,8-9H2,1H3,(H,19,22);7-8,10H,3-6,9H2,1-2H3,(H,18,20);7H,3-4H2,1-2H3,(H,9,10)/t12-;;7-/m0.1/s1/i2D2,3D2,4D2,5D2,8D2,9D2,12D;3D2,4D2,5D2,6D2;3D2,4D2,7D. The highest BCUT2D eigenvalue weighted by atomic mass is 35.5. The predicted octanol–water partition coefficient (Wildman–Crippen LogP) is 4.56. The van der Waals surface area contributed by atoms with Crippen molar-refractivity contribution in [3.63, 3.8) is 0 Å². The van der Waals surface area contributed by atoms with Gasteiger partial charge in [-0.15, -0.1) is 11.6 Å². The summed E-state index contributed by atoms with van der Waals surface area (Å²) in [4.78, 5) is 56.1. The molecule has 4 amide bonds. The van der Waals surface area contributed by atoms with E-state index in [9.17, 15) is 32.8 Å². The average Bonchev–Trinajstić information content (AvgIpc) is 3.44. The van der Waals surface area contributed by atoms with E-state index in [0.29, 0.717) is 12.1 Å². The Labute approximate surface area is 381 Å². The van der Waals surface area contributed by atoms with Gasteiger partial charge in [0.2, 0.25) is 11.8 Å². The van der Waals surface area contributed by atoms with Gasteiger partial charge in [0.15, 0.2) is 23.3 Å². The molecule has 3 N–H and O–H groups in total. The van der Waals surface area contributed by atoms with Crippen LogP contribution >= 0.6 is 11.6 Å². The number of hydrogen-bond acceptors (Lipinski definition) is 12. The first kappa shape index (κ1) is 22.5. The summed E-state index contributed by atoms with van der Waals surface area (Å²) >= 11 is 5.23. The highest BCUT2D eigenvalue weighted by Crippen LogP contribution is 2.32. The van der Waals surface area contributed by atoms with Crippen molar-refractivity contribution < 1.29 is 101 Å². The number of anilines is 4. The fourth-order valence-electron chi connectivity index (χ4n) is 3.77. The maximum atomic E-state index is 15.3. The maximum absolute atomic E-state index is 15.3. The normalized spacial score (nSPS) is 33.5. The Morgan fingerprint density at radius 3 is 1.83 bits per heavy atom. The highest BCUT2D eigenvalue weighted by Gasteiger charge is 2.34. The molecule has 2 aromatic carbocycles. The fraction of sp³-hybridized carbons (Fsp3) is 0.553. The lowest BCUT2D eigenvalue weighted by Gasteiger charge is -2.29. The Morgan fingerprint density at radius 2 is 1.39 bits per heavy atom. The van der Waals surface area contributed by atoms with Crippen LogP contribution in [0.4, 0.5) is 49.9 Å². The lowest BCUT2D eigenvalue weighted by atomic mass is 10.2. The molecule has 0 aromatic heterocycles. The van der Waals surface area contributed by atoms with Crippen molar-refractivity contribution in [2.24, 2.45) is 5.92 Å². The summed E-state index contributed by atoms with van der Waals surface area (Å²) in [6.45, 7) is -32.5. The van der Waals surface area contributed by atoms with Crippen molar-refractivity contribution in [3.8, 4) is 0 Å². The van der Waals surface area contributed by atoms with E-state index in [-0.39, 0.29) is 34.5 Å². The van der Waals surface area contributed by atoms with Crippen LogP contribution in [-0.4, -0.2) is 126 Å². The van der Waals surface area contributed by atoms with Crippen molar-refractivity contribution in [3.05, 3.63) is 47.5 Å². The summed E-state index contributed by atoms with van der Waals surface area (Å²) in [5.41, 5.74) is -4.52. The number of hydrogen-bond donors (Lipinski definition) is 3. The van der Waals surface area contributed by atoms with E-state index < -0.39 is 171 Å². The number of esters is 1. The van der Waals surface area contributed by atoms with E-state index in [4.69, 9.17) is 52.0 Å². The molecule has 16 nitrogen and oxygen atoms in total. The number of alkyl halides is 1. The topological polar surface area (TPSA) is 177 Å². The summed E-state index contributed by atoms with van der Waals surface area (Å²) in [6, 6.07) is 1.40. The van der Waals surface area contributed by atoms with Crippen LogP contribution in [0.5, 0.6) is 0 Å². The first-order valence-electron chi connectivity index (χ1n) is 29.0. The van der Waals surface area contributed by atoms with Gasteiger partial charge in [-0.05, 0) is 18.1 Å². The molecule has 0 radical (unpaired) electrons. The van der Waals surface area contributed by atoms with Gasteiger partial charge in [0.05, 0.1) is 96.8 Å². The summed E-state index contributed by atoms with van der Waals surface area (Å²) in [6.07, 6.45) is -9.48. The molecule has 21 heteroatoms. The van der Waals surface area contributed by atoms with Crippen LogP contribution in [0.25, 0.3) is 0 Å². The molecular formula is C38H51ClF4N6O10. The Kier molecular flexibility index (Phi) is 9.20. The van der Waals surface area contributed by atoms with E-state index in [1.54, 1.807) is 24.5 Å². The second kappa shape index (κ2) is 24.1. The molecule has 0 spiro atoms. The Hall–Kier alpha value is -5.08. The fourth-order valence-corrected chi connectivity index (χ4v) is 3.86. The third-order valence-electron chi connectivity index (χ3n) is 5.97. The largest absolute Gasteiger partial charge is 0.459 e. The number of cyclic esters (lactones) is 1. The van der Waals surface area contributed by atoms with Crippen LogP contribution in [0, 0.1) is 29.2 Å². The van der Waals surface area contributed by atoms with Gasteiger partial charge in [0.25, 0.3) is 0 Å². The van der Waals surface area contributed by atoms with Crippen molar-refractivity contribution in [1.82, 2.24) is 10.6 Å². The number of benzene rings is 2. The quantitative estimate of drug-likeness (QED) is 0.117. The Morgan fingerprint density at radius 1 is 0.898 bits per heavy atom. The Bertz CT molecular complexity index is 2840. The minimum absolute atomic E-state index is 0.00223. The number of rotatable bonds is 12. The molecular weight excluding hydrogens is 812 g/mol. The molecule has 59 heavy (non-hydrogen) atoms.